The van der Waals surface area contributed by atoms with E-state index in [1.165, 1.54) is 122 Å². The number of rotatable bonds is 46. The monoisotopic (exact) mass is 866 g/mol. The largest absolute Gasteiger partial charge is 0.472 e. The lowest BCUT2D eigenvalue weighted by Crippen LogP contribution is -2.29. The summed E-state index contributed by atoms with van der Waals surface area (Å²) in [5.41, 5.74) is 5.36. The maximum Gasteiger partial charge on any atom is 0.472 e. The van der Waals surface area contributed by atoms with E-state index in [9.17, 15) is 19.0 Å². The fourth-order valence-electron chi connectivity index (χ4n) is 6.86. The third-order valence-electron chi connectivity index (χ3n) is 10.5. The van der Waals surface area contributed by atoms with Crippen LogP contribution in [-0.2, 0) is 32.7 Å². The van der Waals surface area contributed by atoms with Crippen LogP contribution in [0.1, 0.15) is 226 Å². The molecule has 0 radical (unpaired) electrons. The Morgan fingerprint density at radius 3 is 1.37 bits per heavy atom. The molecule has 0 aliphatic heterocycles. The first-order valence-corrected chi connectivity index (χ1v) is 26.1. The summed E-state index contributed by atoms with van der Waals surface area (Å²) < 4.78 is 32.9. The molecule has 9 nitrogen and oxygen atoms in total. The van der Waals surface area contributed by atoms with Crippen LogP contribution in [0.4, 0.5) is 0 Å². The summed E-state index contributed by atoms with van der Waals surface area (Å²) >= 11 is 0. The average molecular weight is 866 g/mol. The van der Waals surface area contributed by atoms with Gasteiger partial charge in [-0.2, -0.15) is 0 Å². The molecule has 0 saturated heterocycles. The van der Waals surface area contributed by atoms with Gasteiger partial charge >= 0.3 is 19.8 Å². The van der Waals surface area contributed by atoms with Crippen LogP contribution in [0.25, 0.3) is 0 Å². The minimum atomic E-state index is -4.39. The molecule has 0 heterocycles. The number of ether oxygens (including phenoxy) is 2. The molecule has 0 spiro atoms. The van der Waals surface area contributed by atoms with E-state index in [2.05, 4.69) is 62.5 Å². The van der Waals surface area contributed by atoms with E-state index in [0.29, 0.717) is 6.42 Å². The highest BCUT2D eigenvalue weighted by atomic mass is 31.2. The molecule has 0 aliphatic rings. The summed E-state index contributed by atoms with van der Waals surface area (Å²) in [5, 5.41) is 0. The number of unbranched alkanes of at least 4 members (excludes halogenated alkanes) is 25. The molecule has 3 N–H and O–H groups in total. The number of allylic oxidation sites excluding steroid dienone is 8. The van der Waals surface area contributed by atoms with E-state index in [-0.39, 0.29) is 38.6 Å². The standard InChI is InChI=1S/C50H92NO8P/c1-3-5-7-9-11-13-15-17-19-21-22-23-24-25-27-28-30-32-34-36-38-40-42-49(52)56-46-48(47-58-60(54,55)57-45-44-51)59-50(53)43-41-39-37-35-33-31-29-26-20-18-16-14-12-10-8-6-4-2/h6,8,12,14,18,20,29,31,48H,3-5,7,9-11,13,15-17,19,21-28,30,32-47,51H2,1-2H3,(H,54,55)/b8-6-,14-12-,20-18-,31-29-. The van der Waals surface area contributed by atoms with Gasteiger partial charge in [-0.25, -0.2) is 4.57 Å². The number of hydrogen-bond acceptors (Lipinski definition) is 8. The van der Waals surface area contributed by atoms with Crippen LogP contribution in [0, 0.1) is 0 Å². The van der Waals surface area contributed by atoms with Gasteiger partial charge in [-0.05, 0) is 51.4 Å². The number of phosphoric ester groups is 1. The van der Waals surface area contributed by atoms with Crippen LogP contribution in [-0.4, -0.2) is 49.3 Å². The zero-order valence-electron chi connectivity index (χ0n) is 38.7. The van der Waals surface area contributed by atoms with Gasteiger partial charge in [0.15, 0.2) is 6.10 Å². The van der Waals surface area contributed by atoms with Gasteiger partial charge in [0.1, 0.15) is 6.61 Å². The summed E-state index contributed by atoms with van der Waals surface area (Å²) in [4.78, 5) is 35.0. The summed E-state index contributed by atoms with van der Waals surface area (Å²) in [6.45, 7) is 3.62. The van der Waals surface area contributed by atoms with Crippen molar-refractivity contribution >= 4 is 19.8 Å². The van der Waals surface area contributed by atoms with Crippen molar-refractivity contribution in [2.24, 2.45) is 5.73 Å². The molecular weight excluding hydrogens is 774 g/mol. The Morgan fingerprint density at radius 2 is 0.917 bits per heavy atom. The topological polar surface area (TPSA) is 134 Å². The fourth-order valence-corrected chi connectivity index (χ4v) is 7.63. The third-order valence-corrected chi connectivity index (χ3v) is 11.5. The molecule has 60 heavy (non-hydrogen) atoms. The molecule has 0 aromatic carbocycles. The Morgan fingerprint density at radius 1 is 0.517 bits per heavy atom. The lowest BCUT2D eigenvalue weighted by atomic mass is 10.0. The van der Waals surface area contributed by atoms with E-state index in [4.69, 9.17) is 24.3 Å². The third kappa shape index (κ3) is 45.5. The molecule has 0 aliphatic carbocycles. The molecule has 0 aromatic heterocycles. The van der Waals surface area contributed by atoms with Crippen LogP contribution in [0.15, 0.2) is 48.6 Å². The second kappa shape index (κ2) is 46.5. The number of esters is 2. The zero-order chi connectivity index (χ0) is 43.9. The van der Waals surface area contributed by atoms with Gasteiger partial charge in [-0.3, -0.25) is 18.6 Å². The first-order valence-electron chi connectivity index (χ1n) is 24.6. The van der Waals surface area contributed by atoms with Crippen molar-refractivity contribution in [3.8, 4) is 0 Å². The maximum absolute atomic E-state index is 12.6. The van der Waals surface area contributed by atoms with Crippen molar-refractivity contribution in [1.29, 1.82) is 0 Å². The fraction of sp³-hybridized carbons (Fsp3) is 0.800. The molecule has 0 rings (SSSR count). The molecule has 350 valence electrons. The summed E-state index contributed by atoms with van der Waals surface area (Å²) in [6.07, 6.45) is 54.4. The normalized spacial score (nSPS) is 13.6. The van der Waals surface area contributed by atoms with E-state index < -0.39 is 26.5 Å². The second-order valence-corrected chi connectivity index (χ2v) is 17.8. The minimum Gasteiger partial charge on any atom is -0.462 e. The van der Waals surface area contributed by atoms with Crippen molar-refractivity contribution in [2.45, 2.75) is 232 Å². The van der Waals surface area contributed by atoms with Gasteiger partial charge in [-0.15, -0.1) is 0 Å². The second-order valence-electron chi connectivity index (χ2n) is 16.3. The van der Waals surface area contributed by atoms with Crippen LogP contribution in [0.2, 0.25) is 0 Å². The van der Waals surface area contributed by atoms with E-state index in [0.717, 1.165) is 70.6 Å². The molecular formula is C50H92NO8P. The first kappa shape index (κ1) is 58.0. The van der Waals surface area contributed by atoms with Crippen LogP contribution in [0.3, 0.4) is 0 Å². The van der Waals surface area contributed by atoms with Gasteiger partial charge in [-0.1, -0.05) is 210 Å². The molecule has 10 heteroatoms. The zero-order valence-corrected chi connectivity index (χ0v) is 39.6. The predicted molar refractivity (Wildman–Crippen MR) is 252 cm³/mol. The highest BCUT2D eigenvalue weighted by Gasteiger charge is 2.26. The SMILES string of the molecule is CC/C=C\C/C=C\C/C=C\C/C=C\CCCCCCC(=O)OC(COC(=O)CCCCCCCCCCCCCCCCCCCCCCCC)COP(=O)(O)OCCN. The van der Waals surface area contributed by atoms with Gasteiger partial charge < -0.3 is 20.1 Å². The Hall–Kier alpha value is -2.03. The highest BCUT2D eigenvalue weighted by molar-refractivity contribution is 7.47. The lowest BCUT2D eigenvalue weighted by Gasteiger charge is -2.19. The van der Waals surface area contributed by atoms with Gasteiger partial charge in [0.25, 0.3) is 0 Å². The van der Waals surface area contributed by atoms with Crippen LogP contribution >= 0.6 is 7.82 Å². The first-order chi connectivity index (χ1) is 29.3. The summed E-state index contributed by atoms with van der Waals surface area (Å²) in [6, 6.07) is 0. The minimum absolute atomic E-state index is 0.0486. The van der Waals surface area contributed by atoms with Crippen LogP contribution in [0.5, 0.6) is 0 Å². The van der Waals surface area contributed by atoms with E-state index in [1.807, 2.05) is 0 Å². The Balaban J connectivity index is 4.06. The molecule has 0 amide bonds. The van der Waals surface area contributed by atoms with Crippen molar-refractivity contribution in [3.05, 3.63) is 48.6 Å². The van der Waals surface area contributed by atoms with E-state index in [1.54, 1.807) is 0 Å². The van der Waals surface area contributed by atoms with Gasteiger partial charge in [0.2, 0.25) is 0 Å². The molecule has 2 unspecified atom stereocenters. The van der Waals surface area contributed by atoms with Crippen molar-refractivity contribution in [3.63, 3.8) is 0 Å². The maximum atomic E-state index is 12.6. The van der Waals surface area contributed by atoms with Crippen molar-refractivity contribution in [1.82, 2.24) is 0 Å². The molecule has 2 atom stereocenters. The number of carbonyl (C=O) groups is 2. The van der Waals surface area contributed by atoms with Crippen LogP contribution < -0.4 is 5.73 Å². The number of nitrogens with two attached hydrogens (primary N) is 1. The molecule has 0 saturated carbocycles. The smallest absolute Gasteiger partial charge is 0.462 e. The number of hydrogen-bond donors (Lipinski definition) is 2. The average Bonchev–Trinajstić information content (AvgIpc) is 3.24. The Kier molecular flexibility index (Phi) is 44.9. The predicted octanol–water partition coefficient (Wildman–Crippen LogP) is 14.7. The lowest BCUT2D eigenvalue weighted by molar-refractivity contribution is -0.161. The highest BCUT2D eigenvalue weighted by Crippen LogP contribution is 2.43. The van der Waals surface area contributed by atoms with Crippen molar-refractivity contribution < 1.29 is 37.6 Å². The number of carbonyl (C=O) groups excluding carboxylic acids is 2. The Labute approximate surface area is 368 Å². The number of phosphoric acid groups is 1. The molecule has 0 bridgehead atoms. The van der Waals surface area contributed by atoms with Gasteiger partial charge in [0, 0.05) is 19.4 Å². The Bertz CT molecular complexity index is 1120. The molecule has 0 fully saturated rings. The van der Waals surface area contributed by atoms with Crippen molar-refractivity contribution in [2.75, 3.05) is 26.4 Å². The quantitative estimate of drug-likeness (QED) is 0.0265. The summed E-state index contributed by atoms with van der Waals surface area (Å²) in [7, 11) is -4.39. The molecule has 0 aromatic rings. The van der Waals surface area contributed by atoms with Gasteiger partial charge in [0.05, 0.1) is 13.2 Å². The summed E-state index contributed by atoms with van der Waals surface area (Å²) in [5.74, 6) is -0.849. The van der Waals surface area contributed by atoms with E-state index >= 15 is 0 Å².